The molecule has 2 aliphatic rings. The monoisotopic (exact) mass is 1040 g/mol. The lowest BCUT2D eigenvalue weighted by atomic mass is 10.0. The number of hydrogen-bond acceptors (Lipinski definition) is 21. The lowest BCUT2D eigenvalue weighted by Gasteiger charge is -2.21. The third kappa shape index (κ3) is 25.8. The predicted molar refractivity (Wildman–Crippen MR) is 269 cm³/mol. The number of amidine groups is 1. The number of ether oxygens (including phenoxy) is 10. The van der Waals surface area contributed by atoms with Crippen molar-refractivity contribution < 1.29 is 76.5 Å². The number of aromatic nitrogens is 2. The molecule has 0 spiro atoms. The van der Waals surface area contributed by atoms with Gasteiger partial charge in [0.05, 0.1) is 158 Å². The van der Waals surface area contributed by atoms with Gasteiger partial charge in [0.25, 0.3) is 17.7 Å². The molecule has 3 heterocycles. The summed E-state index contributed by atoms with van der Waals surface area (Å²) in [6.07, 6.45) is 7.65. The highest BCUT2D eigenvalue weighted by atomic mass is 16.7. The highest BCUT2D eigenvalue weighted by molar-refractivity contribution is 6.12. The number of nitrogens with one attached hydrogen (secondary N) is 2. The van der Waals surface area contributed by atoms with Gasteiger partial charge in [-0.25, -0.2) is 20.0 Å². The van der Waals surface area contributed by atoms with E-state index in [-0.39, 0.29) is 44.4 Å². The van der Waals surface area contributed by atoms with E-state index in [0.717, 1.165) is 28.0 Å². The maximum absolute atomic E-state index is 13.2. The molecule has 1 atom stereocenters. The van der Waals surface area contributed by atoms with Crippen LogP contribution in [-0.2, 0) is 77.9 Å². The molecule has 1 aromatic heterocycles. The molecule has 0 fully saturated rings. The molecule has 0 bridgehead atoms. The number of aliphatic hydroxyl groups excluding tert-OH is 1. The number of fused-ring (bicyclic) bond motifs is 1. The molecule has 0 radical (unpaired) electrons. The number of hydroxylamine groups is 2. The average Bonchev–Trinajstić information content (AvgIpc) is 3.60. The number of aliphatic imine (C=N–C) groups is 1. The molecule has 1 aromatic carbocycles. The van der Waals surface area contributed by atoms with Gasteiger partial charge >= 0.3 is 0 Å². The highest BCUT2D eigenvalue weighted by Gasteiger charge is 2.26. The fourth-order valence-corrected chi connectivity index (χ4v) is 6.70. The van der Waals surface area contributed by atoms with Gasteiger partial charge in [-0.15, -0.1) is 0 Å². The third-order valence-corrected chi connectivity index (χ3v) is 10.4. The Balaban J connectivity index is 0.847. The maximum atomic E-state index is 13.2. The van der Waals surface area contributed by atoms with E-state index in [2.05, 4.69) is 25.6 Å². The van der Waals surface area contributed by atoms with Gasteiger partial charge in [-0.2, -0.15) is 0 Å². The zero-order chi connectivity index (χ0) is 52.9. The van der Waals surface area contributed by atoms with Crippen LogP contribution >= 0.6 is 0 Å². The van der Waals surface area contributed by atoms with Crippen molar-refractivity contribution in [2.45, 2.75) is 45.9 Å². The topological polar surface area (TPSA) is 285 Å². The van der Waals surface area contributed by atoms with E-state index in [1.807, 2.05) is 38.1 Å². The maximum Gasteiger partial charge on any atom is 0.273 e. The van der Waals surface area contributed by atoms with Crippen LogP contribution in [0.15, 0.2) is 53.3 Å². The van der Waals surface area contributed by atoms with E-state index < -0.39 is 18.0 Å². The minimum atomic E-state index is -1.03. The molecule has 24 nitrogen and oxygen atoms in total. The summed E-state index contributed by atoms with van der Waals surface area (Å²) in [5.41, 5.74) is 9.73. The van der Waals surface area contributed by atoms with E-state index in [1.165, 1.54) is 17.2 Å². The molecule has 74 heavy (non-hydrogen) atoms. The summed E-state index contributed by atoms with van der Waals surface area (Å²) in [7, 11) is 0. The summed E-state index contributed by atoms with van der Waals surface area (Å²) < 4.78 is 54.9. The number of nitrogens with two attached hydrogens (primary N) is 1. The SMILES string of the molecule is CCCN(OCC)C(=O)C1=Cc2ccc(-c3cnc(CNC(=O)CCOCCOCCOCCOCCOCCOCCOCCOCCOCCOCCNC(O)CN4C(=O)C=CC4=O)nc3)cc2N=C(N)C1. The van der Waals surface area contributed by atoms with Crippen molar-refractivity contribution in [2.75, 3.05) is 158 Å². The van der Waals surface area contributed by atoms with Crippen LogP contribution < -0.4 is 16.4 Å². The summed E-state index contributed by atoms with van der Waals surface area (Å²) in [6.45, 7) is 13.3. The molecule has 2 aliphatic heterocycles. The van der Waals surface area contributed by atoms with Gasteiger partial charge in [-0.05, 0) is 31.1 Å². The number of aliphatic hydroxyl groups is 1. The number of β-amino-alcohol motifs (C(OH)–C–C–N with tert-alkyl or cyclic N) is 1. The first-order chi connectivity index (χ1) is 36.2. The number of benzene rings is 1. The molecule has 5 N–H and O–H groups in total. The zero-order valence-corrected chi connectivity index (χ0v) is 42.9. The van der Waals surface area contributed by atoms with Gasteiger partial charge in [0.2, 0.25) is 5.91 Å². The van der Waals surface area contributed by atoms with Gasteiger partial charge in [-0.1, -0.05) is 19.1 Å². The first-order valence-corrected chi connectivity index (χ1v) is 25.1. The second-order valence-corrected chi connectivity index (χ2v) is 16.2. The van der Waals surface area contributed by atoms with Crippen LogP contribution in [0.4, 0.5) is 5.69 Å². The molecule has 1 unspecified atom stereocenters. The number of imide groups is 1. The first-order valence-electron chi connectivity index (χ1n) is 25.1. The molecular formula is C50H76N8O16. The number of hydrogen-bond donors (Lipinski definition) is 4. The van der Waals surface area contributed by atoms with Crippen LogP contribution in [0.2, 0.25) is 0 Å². The Morgan fingerprint density at radius 3 is 1.68 bits per heavy atom. The van der Waals surface area contributed by atoms with Gasteiger partial charge in [-0.3, -0.25) is 34.2 Å². The smallest absolute Gasteiger partial charge is 0.273 e. The van der Waals surface area contributed by atoms with Crippen molar-refractivity contribution in [1.82, 2.24) is 30.6 Å². The standard InChI is InChI=1S/C50H76N8O16/c1-3-11-58(74-4-2)50(63)41-32-40-6-5-39(33-43(40)56-44(51)34-41)42-35-53-45(54-36-42)37-55-46(59)9-12-64-14-16-66-18-20-68-22-24-70-26-28-72-30-31-73-29-27-71-25-23-69-21-19-67-17-15-65-13-10-52-47(60)38-57-48(61)7-8-49(57)62/h5-8,32-33,35-36,47,52,60H,3-4,9-31,34,37-38H2,1-2H3,(H2,51,56)(H,55,59). The largest absolute Gasteiger partial charge is 0.387 e. The number of nitrogens with zero attached hydrogens (tertiary/aromatic N) is 5. The normalized spacial score (nSPS) is 13.7. The Bertz CT molecular complexity index is 2000. The molecule has 2 aromatic rings. The van der Waals surface area contributed by atoms with Gasteiger partial charge in [0, 0.05) is 67.2 Å². The minimum Gasteiger partial charge on any atom is -0.387 e. The highest BCUT2D eigenvalue weighted by Crippen LogP contribution is 2.32. The second kappa shape index (κ2) is 38.4. The predicted octanol–water partition coefficient (Wildman–Crippen LogP) is 1.11. The van der Waals surface area contributed by atoms with Gasteiger partial charge in [0.15, 0.2) is 0 Å². The minimum absolute atomic E-state index is 0.120. The summed E-state index contributed by atoms with van der Waals surface area (Å²) in [6, 6.07) is 5.68. The zero-order valence-electron chi connectivity index (χ0n) is 42.9. The van der Waals surface area contributed by atoms with Crippen LogP contribution in [0.5, 0.6) is 0 Å². The molecule has 24 heteroatoms. The fraction of sp³-hybridized carbons (Fsp3) is 0.620. The molecule has 412 valence electrons. The Kier molecular flexibility index (Phi) is 31.8. The molecule has 0 saturated heterocycles. The summed E-state index contributed by atoms with van der Waals surface area (Å²) >= 11 is 0. The van der Waals surface area contributed by atoms with Crippen molar-refractivity contribution >= 4 is 41.2 Å². The molecule has 4 amide bonds. The number of amides is 4. The third-order valence-electron chi connectivity index (χ3n) is 10.4. The first kappa shape index (κ1) is 61.4. The van der Waals surface area contributed by atoms with E-state index in [4.69, 9.17) is 57.9 Å². The van der Waals surface area contributed by atoms with Crippen LogP contribution in [-0.4, -0.2) is 219 Å². The Morgan fingerprint density at radius 1 is 0.703 bits per heavy atom. The number of carbonyl (C=O) groups is 4. The van der Waals surface area contributed by atoms with Crippen LogP contribution in [0, 0.1) is 0 Å². The Hall–Kier alpha value is -5.19. The van der Waals surface area contributed by atoms with Crippen molar-refractivity contribution in [2.24, 2.45) is 10.7 Å². The molecule has 0 saturated carbocycles. The van der Waals surface area contributed by atoms with Crippen molar-refractivity contribution in [3.8, 4) is 11.1 Å². The van der Waals surface area contributed by atoms with Gasteiger partial charge in [0.1, 0.15) is 17.9 Å². The van der Waals surface area contributed by atoms with E-state index in [9.17, 15) is 24.3 Å². The van der Waals surface area contributed by atoms with Crippen LogP contribution in [0.1, 0.15) is 44.5 Å². The fourth-order valence-electron chi connectivity index (χ4n) is 6.70. The Labute approximate surface area is 433 Å². The van der Waals surface area contributed by atoms with E-state index in [0.29, 0.717) is 168 Å². The summed E-state index contributed by atoms with van der Waals surface area (Å²) in [4.78, 5) is 68.5. The molecule has 4 rings (SSSR count). The average molecular weight is 1050 g/mol. The lowest BCUT2D eigenvalue weighted by molar-refractivity contribution is -0.180. The van der Waals surface area contributed by atoms with E-state index >= 15 is 0 Å². The second-order valence-electron chi connectivity index (χ2n) is 16.2. The van der Waals surface area contributed by atoms with Crippen LogP contribution in [0.3, 0.4) is 0 Å². The van der Waals surface area contributed by atoms with Gasteiger partial charge < -0.3 is 63.5 Å². The number of carbonyl (C=O) groups excluding carboxylic acids is 4. The molecular weight excluding hydrogens is 969 g/mol. The lowest BCUT2D eigenvalue weighted by Crippen LogP contribution is -2.44. The number of rotatable bonds is 44. The molecule has 0 aliphatic carbocycles. The summed E-state index contributed by atoms with van der Waals surface area (Å²) in [5.74, 6) is -0.498. The quantitative estimate of drug-likeness (QED) is 0.0313. The van der Waals surface area contributed by atoms with E-state index in [1.54, 1.807) is 12.4 Å². The van der Waals surface area contributed by atoms with Crippen molar-refractivity contribution in [3.63, 3.8) is 0 Å². The Morgan fingerprint density at radius 2 is 1.19 bits per heavy atom. The summed E-state index contributed by atoms with van der Waals surface area (Å²) in [5, 5.41) is 16.9. The van der Waals surface area contributed by atoms with Crippen molar-refractivity contribution in [3.05, 3.63) is 59.7 Å². The van der Waals surface area contributed by atoms with Crippen LogP contribution in [0.25, 0.3) is 17.2 Å². The van der Waals surface area contributed by atoms with Crippen molar-refractivity contribution in [1.29, 1.82) is 0 Å².